The second-order valence-corrected chi connectivity index (χ2v) is 7.21. The standard InChI is InChI=1S/C16H16N2O3S/c19-14(12-8-5-6-9(7-8)13(12)15(20)21)18-16-17-10-3-1-2-4-11(10)22-16/h1-4,8-9,12-13H,5-7H2,(H,20,21)(H,17,18,19)/p-1/t8-,9+,12+,13+/m0/s1. The van der Waals surface area contributed by atoms with Crippen molar-refractivity contribution in [2.45, 2.75) is 19.3 Å². The van der Waals surface area contributed by atoms with E-state index in [-0.39, 0.29) is 17.7 Å². The number of aliphatic carboxylic acids is 1. The number of rotatable bonds is 3. The molecule has 1 N–H and O–H groups in total. The SMILES string of the molecule is O=C([O-])[C@@H]1[C@@H]2CC[C@@H](C2)[C@H]1C(=O)Nc1nc2ccccc2s1. The summed E-state index contributed by atoms with van der Waals surface area (Å²) in [6, 6.07) is 7.66. The van der Waals surface area contributed by atoms with Crippen molar-refractivity contribution in [2.75, 3.05) is 5.32 Å². The smallest absolute Gasteiger partial charge is 0.230 e. The normalized spacial score (nSPS) is 29.8. The van der Waals surface area contributed by atoms with Crippen LogP contribution in [0, 0.1) is 23.7 Å². The number of carbonyl (C=O) groups excluding carboxylic acids is 2. The lowest BCUT2D eigenvalue weighted by Crippen LogP contribution is -2.43. The van der Waals surface area contributed by atoms with Crippen molar-refractivity contribution in [2.24, 2.45) is 23.7 Å². The summed E-state index contributed by atoms with van der Waals surface area (Å²) in [5, 5.41) is 14.7. The maximum absolute atomic E-state index is 12.6. The third-order valence-electron chi connectivity index (χ3n) is 5.02. The monoisotopic (exact) mass is 315 g/mol. The van der Waals surface area contributed by atoms with Gasteiger partial charge in [0.1, 0.15) is 0 Å². The van der Waals surface area contributed by atoms with Crippen LogP contribution in [-0.4, -0.2) is 16.9 Å². The Balaban J connectivity index is 1.57. The minimum Gasteiger partial charge on any atom is -0.550 e. The van der Waals surface area contributed by atoms with Crippen molar-refractivity contribution in [1.29, 1.82) is 0 Å². The average molecular weight is 315 g/mol. The number of carbonyl (C=O) groups is 2. The number of anilines is 1. The fourth-order valence-corrected chi connectivity index (χ4v) is 4.99. The second-order valence-electron chi connectivity index (χ2n) is 6.18. The maximum Gasteiger partial charge on any atom is 0.230 e. The van der Waals surface area contributed by atoms with Gasteiger partial charge in [-0.25, -0.2) is 4.98 Å². The quantitative estimate of drug-likeness (QED) is 0.933. The highest BCUT2D eigenvalue weighted by atomic mass is 32.1. The van der Waals surface area contributed by atoms with E-state index in [1.807, 2.05) is 24.3 Å². The first-order valence-electron chi connectivity index (χ1n) is 7.51. The molecular weight excluding hydrogens is 300 g/mol. The lowest BCUT2D eigenvalue weighted by molar-refractivity contribution is -0.314. The van der Waals surface area contributed by atoms with E-state index in [4.69, 9.17) is 0 Å². The topological polar surface area (TPSA) is 82.1 Å². The minimum absolute atomic E-state index is 0.0983. The van der Waals surface area contributed by atoms with E-state index in [2.05, 4.69) is 10.3 Å². The van der Waals surface area contributed by atoms with Gasteiger partial charge in [0.05, 0.1) is 10.2 Å². The molecule has 0 aliphatic heterocycles. The van der Waals surface area contributed by atoms with Crippen LogP contribution in [0.4, 0.5) is 5.13 Å². The van der Waals surface area contributed by atoms with Crippen molar-refractivity contribution in [1.82, 2.24) is 4.98 Å². The molecule has 2 fully saturated rings. The number of para-hydroxylation sites is 1. The van der Waals surface area contributed by atoms with Crippen molar-refractivity contribution in [3.05, 3.63) is 24.3 Å². The van der Waals surface area contributed by atoms with Gasteiger partial charge in [0.15, 0.2) is 5.13 Å². The number of amides is 1. The summed E-state index contributed by atoms with van der Waals surface area (Å²) < 4.78 is 1.00. The molecule has 22 heavy (non-hydrogen) atoms. The number of aromatic nitrogens is 1. The summed E-state index contributed by atoms with van der Waals surface area (Å²) in [6.45, 7) is 0. The first-order chi connectivity index (χ1) is 10.6. The van der Waals surface area contributed by atoms with Gasteiger partial charge in [-0.1, -0.05) is 23.5 Å². The van der Waals surface area contributed by atoms with Gasteiger partial charge >= 0.3 is 0 Å². The molecule has 2 aliphatic carbocycles. The summed E-state index contributed by atoms with van der Waals surface area (Å²) in [6.07, 6.45) is 2.66. The van der Waals surface area contributed by atoms with Crippen LogP contribution in [0.5, 0.6) is 0 Å². The summed E-state index contributed by atoms with van der Waals surface area (Å²) in [4.78, 5) is 28.3. The number of fused-ring (bicyclic) bond motifs is 3. The Bertz CT molecular complexity index is 724. The molecule has 6 heteroatoms. The molecule has 0 saturated heterocycles. The van der Waals surface area contributed by atoms with Gasteiger partial charge in [0, 0.05) is 17.8 Å². The molecule has 1 amide bonds. The highest BCUT2D eigenvalue weighted by Gasteiger charge is 2.51. The van der Waals surface area contributed by atoms with Gasteiger partial charge in [-0.15, -0.1) is 0 Å². The molecule has 2 saturated carbocycles. The summed E-state index contributed by atoms with van der Waals surface area (Å²) in [7, 11) is 0. The molecule has 4 atom stereocenters. The summed E-state index contributed by atoms with van der Waals surface area (Å²) >= 11 is 1.41. The third-order valence-corrected chi connectivity index (χ3v) is 5.97. The number of thiazole rings is 1. The van der Waals surface area contributed by atoms with E-state index < -0.39 is 17.8 Å². The van der Waals surface area contributed by atoms with Crippen LogP contribution in [-0.2, 0) is 9.59 Å². The van der Waals surface area contributed by atoms with Crippen LogP contribution in [0.15, 0.2) is 24.3 Å². The fourth-order valence-electron chi connectivity index (χ4n) is 4.12. The average Bonchev–Trinajstić information content (AvgIpc) is 3.19. The van der Waals surface area contributed by atoms with Crippen molar-refractivity contribution < 1.29 is 14.7 Å². The molecule has 5 nitrogen and oxygen atoms in total. The molecule has 2 bridgehead atoms. The Labute approximate surface area is 131 Å². The Morgan fingerprint density at radius 3 is 2.64 bits per heavy atom. The van der Waals surface area contributed by atoms with Crippen LogP contribution < -0.4 is 10.4 Å². The molecule has 4 rings (SSSR count). The summed E-state index contributed by atoms with van der Waals surface area (Å²) in [5.74, 6) is -2.16. The van der Waals surface area contributed by atoms with E-state index >= 15 is 0 Å². The zero-order chi connectivity index (χ0) is 15.3. The van der Waals surface area contributed by atoms with Crippen LogP contribution in [0.2, 0.25) is 0 Å². The van der Waals surface area contributed by atoms with Crippen LogP contribution >= 0.6 is 11.3 Å². The molecular formula is C16H15N2O3S-. The number of nitrogens with zero attached hydrogens (tertiary/aromatic N) is 1. The van der Waals surface area contributed by atoms with E-state index in [0.29, 0.717) is 5.13 Å². The molecule has 1 heterocycles. The maximum atomic E-state index is 12.6. The van der Waals surface area contributed by atoms with Gasteiger partial charge in [-0.3, -0.25) is 4.79 Å². The molecule has 114 valence electrons. The number of carboxylic acids is 1. The predicted octanol–water partition coefficient (Wildman–Crippen LogP) is 1.65. The fraction of sp³-hybridized carbons (Fsp3) is 0.438. The summed E-state index contributed by atoms with van der Waals surface area (Å²) in [5.41, 5.74) is 0.840. The van der Waals surface area contributed by atoms with Crippen molar-refractivity contribution >= 4 is 38.6 Å². The zero-order valence-electron chi connectivity index (χ0n) is 11.8. The number of hydrogen-bond acceptors (Lipinski definition) is 5. The van der Waals surface area contributed by atoms with Gasteiger partial charge in [-0.2, -0.15) is 0 Å². The number of carboxylic acid groups (broad SMARTS) is 1. The Hall–Kier alpha value is -1.95. The number of benzene rings is 1. The molecule has 0 spiro atoms. The molecule has 2 aromatic rings. The van der Waals surface area contributed by atoms with E-state index in [9.17, 15) is 14.7 Å². The number of hydrogen-bond donors (Lipinski definition) is 1. The molecule has 2 aliphatic rings. The first kappa shape index (κ1) is 13.7. The highest BCUT2D eigenvalue weighted by Crippen LogP contribution is 2.52. The van der Waals surface area contributed by atoms with Crippen molar-refractivity contribution in [3.63, 3.8) is 0 Å². The van der Waals surface area contributed by atoms with E-state index in [1.54, 1.807) is 0 Å². The highest BCUT2D eigenvalue weighted by molar-refractivity contribution is 7.22. The predicted molar refractivity (Wildman–Crippen MR) is 81.1 cm³/mol. The largest absolute Gasteiger partial charge is 0.550 e. The zero-order valence-corrected chi connectivity index (χ0v) is 12.6. The third kappa shape index (κ3) is 2.09. The van der Waals surface area contributed by atoms with Crippen LogP contribution in [0.1, 0.15) is 19.3 Å². The lowest BCUT2D eigenvalue weighted by atomic mass is 9.79. The number of nitrogens with one attached hydrogen (secondary N) is 1. The first-order valence-corrected chi connectivity index (χ1v) is 8.32. The van der Waals surface area contributed by atoms with Crippen molar-refractivity contribution in [3.8, 4) is 0 Å². The van der Waals surface area contributed by atoms with Gasteiger partial charge in [0.25, 0.3) is 0 Å². The van der Waals surface area contributed by atoms with Gasteiger partial charge in [0.2, 0.25) is 5.91 Å². The molecule has 0 radical (unpaired) electrons. The van der Waals surface area contributed by atoms with Crippen LogP contribution in [0.3, 0.4) is 0 Å². The minimum atomic E-state index is -1.09. The molecule has 1 aromatic carbocycles. The Kier molecular flexibility index (Phi) is 3.14. The van der Waals surface area contributed by atoms with Crippen LogP contribution in [0.25, 0.3) is 10.2 Å². The lowest BCUT2D eigenvalue weighted by Gasteiger charge is -2.30. The second kappa shape index (κ2) is 5.05. The van der Waals surface area contributed by atoms with E-state index in [0.717, 1.165) is 29.5 Å². The van der Waals surface area contributed by atoms with Gasteiger partial charge in [-0.05, 0) is 43.2 Å². The Morgan fingerprint density at radius 2 is 1.91 bits per heavy atom. The Morgan fingerprint density at radius 1 is 1.18 bits per heavy atom. The van der Waals surface area contributed by atoms with Gasteiger partial charge < -0.3 is 15.2 Å². The molecule has 0 unspecified atom stereocenters. The molecule has 1 aromatic heterocycles. The van der Waals surface area contributed by atoms with E-state index in [1.165, 1.54) is 11.3 Å².